The van der Waals surface area contributed by atoms with Gasteiger partial charge in [-0.05, 0) is 12.8 Å². The van der Waals surface area contributed by atoms with E-state index in [0.29, 0.717) is 13.1 Å². The second-order valence-corrected chi connectivity index (χ2v) is 13.2. The van der Waals surface area contributed by atoms with Crippen LogP contribution in [-0.4, -0.2) is 110 Å². The zero-order chi connectivity index (χ0) is 34.4. The van der Waals surface area contributed by atoms with Crippen molar-refractivity contribution in [1.82, 2.24) is 19.6 Å². The molecule has 0 saturated carbocycles. The molecule has 0 aromatic carbocycles. The number of amides is 2. The van der Waals surface area contributed by atoms with Gasteiger partial charge in [0.15, 0.2) is 0 Å². The second-order valence-electron chi connectivity index (χ2n) is 13.2. The predicted octanol–water partition coefficient (Wildman–Crippen LogP) is -2.14. The predicted molar refractivity (Wildman–Crippen MR) is 182 cm³/mol. The molecule has 0 aliphatic heterocycles. The molecule has 0 aliphatic rings. The van der Waals surface area contributed by atoms with E-state index in [1.54, 1.807) is 23.9 Å². The number of nitrogens with zero attached hydrogens (tertiary/aromatic N) is 4. The number of aliphatic carboxylic acids is 2. The SMILES string of the molecule is CCCCCCCCCCCCN(C)C(=O)CN(CCN(CC(=O)[O-])CC(=O)N(C)CCCCCCCCCCCC)CC(=O)[O-].[Na+].[Na+]. The van der Waals surface area contributed by atoms with Crippen LogP contribution in [0.25, 0.3) is 0 Å². The first kappa shape index (κ1) is 52.2. The first-order chi connectivity index (χ1) is 22.1. The summed E-state index contributed by atoms with van der Waals surface area (Å²) in [6, 6.07) is 0. The largest absolute Gasteiger partial charge is 1.00 e. The van der Waals surface area contributed by atoms with Gasteiger partial charge in [0.05, 0.1) is 25.0 Å². The second kappa shape index (κ2) is 36.6. The minimum atomic E-state index is -1.32. The molecule has 0 N–H and O–H groups in total. The van der Waals surface area contributed by atoms with Gasteiger partial charge < -0.3 is 29.6 Å². The van der Waals surface area contributed by atoms with Crippen molar-refractivity contribution in [1.29, 1.82) is 0 Å². The summed E-state index contributed by atoms with van der Waals surface area (Å²) in [5.74, 6) is -3.03. The van der Waals surface area contributed by atoms with Crippen molar-refractivity contribution >= 4 is 23.8 Å². The van der Waals surface area contributed by atoms with E-state index < -0.39 is 25.0 Å². The normalized spacial score (nSPS) is 10.9. The van der Waals surface area contributed by atoms with Crippen LogP contribution in [0.4, 0.5) is 0 Å². The Morgan fingerprint density at radius 1 is 0.396 bits per heavy atom. The van der Waals surface area contributed by atoms with Crippen molar-refractivity contribution in [3.8, 4) is 0 Å². The smallest absolute Gasteiger partial charge is 0.549 e. The molecule has 12 heteroatoms. The first-order valence-corrected chi connectivity index (χ1v) is 18.4. The maximum absolute atomic E-state index is 12.8. The Hall–Kier alpha value is -0.200. The Bertz CT molecular complexity index is 744. The summed E-state index contributed by atoms with van der Waals surface area (Å²) in [6.45, 7) is 4.72. The van der Waals surface area contributed by atoms with Crippen LogP contribution in [0.5, 0.6) is 0 Å². The number of hydrogen-bond acceptors (Lipinski definition) is 8. The minimum absolute atomic E-state index is 0. The van der Waals surface area contributed by atoms with Gasteiger partial charge in [0.2, 0.25) is 11.8 Å². The number of rotatable bonds is 33. The third kappa shape index (κ3) is 33.0. The molecule has 0 spiro atoms. The average Bonchev–Trinajstić information content (AvgIpc) is 3.00. The number of carbonyl (C=O) groups is 4. The van der Waals surface area contributed by atoms with Gasteiger partial charge in [0, 0.05) is 53.4 Å². The maximum Gasteiger partial charge on any atom is 1.00 e. The molecule has 10 nitrogen and oxygen atoms in total. The van der Waals surface area contributed by atoms with Crippen LogP contribution >= 0.6 is 0 Å². The van der Waals surface area contributed by atoms with Gasteiger partial charge in [0.1, 0.15) is 0 Å². The van der Waals surface area contributed by atoms with Crippen LogP contribution in [0.2, 0.25) is 0 Å². The van der Waals surface area contributed by atoms with Crippen LogP contribution in [0, 0.1) is 0 Å². The molecule has 0 fully saturated rings. The van der Waals surface area contributed by atoms with E-state index in [1.807, 2.05) is 0 Å². The molecular formula is C36H68N4Na2O6. The minimum Gasteiger partial charge on any atom is -0.549 e. The molecular weight excluding hydrogens is 630 g/mol. The van der Waals surface area contributed by atoms with Crippen molar-refractivity contribution in [3.05, 3.63) is 0 Å². The molecule has 0 saturated heterocycles. The first-order valence-electron chi connectivity index (χ1n) is 18.4. The molecule has 0 heterocycles. The molecule has 0 unspecified atom stereocenters. The topological polar surface area (TPSA) is 127 Å². The number of carboxylic acid groups (broad SMARTS) is 2. The Kier molecular flexibility index (Phi) is 39.8. The molecule has 48 heavy (non-hydrogen) atoms. The molecule has 2 amide bonds. The number of hydrogen-bond donors (Lipinski definition) is 0. The van der Waals surface area contributed by atoms with E-state index >= 15 is 0 Å². The van der Waals surface area contributed by atoms with Crippen molar-refractivity contribution in [2.75, 3.05) is 66.5 Å². The summed E-state index contributed by atoms with van der Waals surface area (Å²) >= 11 is 0. The monoisotopic (exact) mass is 698 g/mol. The standard InChI is InChI=1S/C36H70N4O6.2Na/c1-5-7-9-11-13-15-17-19-21-23-25-37(3)33(41)29-39(31-35(43)44)27-28-40(32-36(45)46)30-34(42)38(4)26-24-22-20-18-16-14-12-10-8-6-2;;/h5-32H2,1-4H3,(H,43,44)(H,45,46);;/q;2*+1/p-2. The summed E-state index contributed by atoms with van der Waals surface area (Å²) < 4.78 is 0. The fourth-order valence-electron chi connectivity index (χ4n) is 5.62. The van der Waals surface area contributed by atoms with Crippen LogP contribution in [0.1, 0.15) is 142 Å². The molecule has 0 atom stereocenters. The average molecular weight is 699 g/mol. The molecule has 0 aliphatic carbocycles. The van der Waals surface area contributed by atoms with Gasteiger partial charge in [0.25, 0.3) is 0 Å². The van der Waals surface area contributed by atoms with E-state index in [9.17, 15) is 29.4 Å². The number of unbranched alkanes of at least 4 members (excludes halogenated alkanes) is 18. The molecule has 0 aromatic heterocycles. The maximum atomic E-state index is 12.8. The van der Waals surface area contributed by atoms with E-state index in [-0.39, 0.29) is 97.1 Å². The quantitative estimate of drug-likeness (QED) is 0.0562. The van der Waals surface area contributed by atoms with Gasteiger partial charge >= 0.3 is 59.1 Å². The van der Waals surface area contributed by atoms with Crippen LogP contribution in [0.15, 0.2) is 0 Å². The van der Waals surface area contributed by atoms with Gasteiger partial charge in [-0.2, -0.15) is 0 Å². The van der Waals surface area contributed by atoms with Crippen LogP contribution in [0.3, 0.4) is 0 Å². The Labute approximate surface area is 338 Å². The van der Waals surface area contributed by atoms with Crippen molar-refractivity contribution in [2.24, 2.45) is 0 Å². The van der Waals surface area contributed by atoms with Crippen LogP contribution in [-0.2, 0) is 19.2 Å². The van der Waals surface area contributed by atoms with Gasteiger partial charge in [-0.1, -0.05) is 129 Å². The Morgan fingerprint density at radius 3 is 0.896 bits per heavy atom. The van der Waals surface area contributed by atoms with Crippen molar-refractivity contribution in [3.63, 3.8) is 0 Å². The summed E-state index contributed by atoms with van der Waals surface area (Å²) in [5, 5.41) is 22.8. The Balaban J connectivity index is -0.0000101. The Morgan fingerprint density at radius 2 is 0.646 bits per heavy atom. The van der Waals surface area contributed by atoms with Crippen LogP contribution < -0.4 is 69.3 Å². The summed E-state index contributed by atoms with van der Waals surface area (Å²) in [7, 11) is 3.44. The molecule has 270 valence electrons. The fourth-order valence-corrected chi connectivity index (χ4v) is 5.62. The molecule has 0 bridgehead atoms. The fraction of sp³-hybridized carbons (Fsp3) is 0.889. The third-order valence-electron chi connectivity index (χ3n) is 8.70. The van der Waals surface area contributed by atoms with Gasteiger partial charge in [-0.25, -0.2) is 0 Å². The van der Waals surface area contributed by atoms with Gasteiger partial charge in [-0.15, -0.1) is 0 Å². The molecule has 0 radical (unpaired) electrons. The molecule has 0 aromatic rings. The van der Waals surface area contributed by atoms with E-state index in [0.717, 1.165) is 38.5 Å². The van der Waals surface area contributed by atoms with Crippen molar-refractivity contribution < 1.29 is 88.5 Å². The summed E-state index contributed by atoms with van der Waals surface area (Å²) in [5.41, 5.74) is 0. The third-order valence-corrected chi connectivity index (χ3v) is 8.70. The summed E-state index contributed by atoms with van der Waals surface area (Å²) in [6.07, 6.45) is 24.1. The summed E-state index contributed by atoms with van der Waals surface area (Å²) in [4.78, 5) is 54.6. The van der Waals surface area contributed by atoms with Crippen molar-refractivity contribution in [2.45, 2.75) is 142 Å². The van der Waals surface area contributed by atoms with E-state index in [2.05, 4.69) is 13.8 Å². The molecule has 0 rings (SSSR count). The van der Waals surface area contributed by atoms with E-state index in [4.69, 9.17) is 0 Å². The zero-order valence-electron chi connectivity index (χ0n) is 32.0. The number of likely N-dealkylation sites (N-methyl/N-ethyl adjacent to an activating group) is 2. The van der Waals surface area contributed by atoms with Gasteiger partial charge in [-0.3, -0.25) is 19.4 Å². The number of carbonyl (C=O) groups excluding carboxylic acids is 4. The zero-order valence-corrected chi connectivity index (χ0v) is 36.0. The van der Waals surface area contributed by atoms with E-state index in [1.165, 1.54) is 99.7 Å². The number of carboxylic acids is 2.